The Morgan fingerprint density at radius 3 is 2.39 bits per heavy atom. The number of H-pyrrole nitrogens is 1. The number of nitrogens with zero attached hydrogens (tertiary/aromatic N) is 3. The quantitative estimate of drug-likeness (QED) is 0.395. The zero-order valence-electron chi connectivity index (χ0n) is 17.1. The van der Waals surface area contributed by atoms with Crippen molar-refractivity contribution in [3.63, 3.8) is 0 Å². The predicted molar refractivity (Wildman–Crippen MR) is 122 cm³/mol. The third kappa shape index (κ3) is 4.84. The maximum atomic E-state index is 11.0. The average molecular weight is 453 g/mol. The van der Waals surface area contributed by atoms with E-state index in [4.69, 9.17) is 26.7 Å². The average Bonchev–Trinajstić information content (AvgIpc) is 3.38. The van der Waals surface area contributed by atoms with Crippen LogP contribution in [0.1, 0.15) is 51.3 Å². The van der Waals surface area contributed by atoms with Crippen LogP contribution < -0.4 is 0 Å². The number of halogens is 1. The summed E-state index contributed by atoms with van der Waals surface area (Å²) in [6.45, 7) is 4.15. The van der Waals surface area contributed by atoms with Gasteiger partial charge in [-0.05, 0) is 42.2 Å². The van der Waals surface area contributed by atoms with Gasteiger partial charge in [0.15, 0.2) is 5.82 Å². The SMILES string of the molecule is CCc1c(C)nc(-c2ccc(Cl)s2)nc1Cc1ccc(Cc2ncc(C(=O)O)[nH]2)cc1. The van der Waals surface area contributed by atoms with E-state index in [0.29, 0.717) is 24.5 Å². The van der Waals surface area contributed by atoms with Crippen molar-refractivity contribution in [2.45, 2.75) is 33.1 Å². The van der Waals surface area contributed by atoms with E-state index in [1.165, 1.54) is 23.1 Å². The first-order valence-electron chi connectivity index (χ1n) is 9.90. The molecule has 0 aliphatic heterocycles. The van der Waals surface area contributed by atoms with Gasteiger partial charge in [0.05, 0.1) is 21.1 Å². The maximum Gasteiger partial charge on any atom is 0.353 e. The second-order valence-electron chi connectivity index (χ2n) is 7.23. The van der Waals surface area contributed by atoms with Gasteiger partial charge in [0.2, 0.25) is 0 Å². The number of aromatic carboxylic acids is 1. The molecular weight excluding hydrogens is 432 g/mol. The number of benzene rings is 1. The summed E-state index contributed by atoms with van der Waals surface area (Å²) in [5, 5.41) is 9.01. The molecule has 0 unspecified atom stereocenters. The number of nitrogens with one attached hydrogen (secondary N) is 1. The molecule has 0 aliphatic carbocycles. The Hall–Kier alpha value is -3.03. The fourth-order valence-corrected chi connectivity index (χ4v) is 4.51. The number of aromatic amines is 1. The van der Waals surface area contributed by atoms with Crippen LogP contribution in [-0.4, -0.2) is 31.0 Å². The molecule has 0 atom stereocenters. The molecular formula is C23H21ClN4O2S. The zero-order chi connectivity index (χ0) is 22.0. The van der Waals surface area contributed by atoms with Crippen molar-refractivity contribution in [3.05, 3.63) is 86.5 Å². The molecule has 0 bridgehead atoms. The van der Waals surface area contributed by atoms with Crippen LogP contribution in [0.2, 0.25) is 4.34 Å². The van der Waals surface area contributed by atoms with Gasteiger partial charge in [-0.15, -0.1) is 11.3 Å². The third-order valence-electron chi connectivity index (χ3n) is 5.07. The smallest absolute Gasteiger partial charge is 0.353 e. The van der Waals surface area contributed by atoms with E-state index >= 15 is 0 Å². The second-order valence-corrected chi connectivity index (χ2v) is 8.95. The number of carboxylic acids is 1. The molecule has 0 amide bonds. The maximum absolute atomic E-state index is 11.0. The van der Waals surface area contributed by atoms with Crippen LogP contribution >= 0.6 is 22.9 Å². The van der Waals surface area contributed by atoms with E-state index in [-0.39, 0.29) is 5.69 Å². The van der Waals surface area contributed by atoms with Crippen molar-refractivity contribution in [3.8, 4) is 10.7 Å². The van der Waals surface area contributed by atoms with Gasteiger partial charge in [0.1, 0.15) is 11.5 Å². The van der Waals surface area contributed by atoms with Crippen molar-refractivity contribution in [2.75, 3.05) is 0 Å². The summed E-state index contributed by atoms with van der Waals surface area (Å²) in [6, 6.07) is 12.1. The third-order valence-corrected chi connectivity index (χ3v) is 6.30. The number of aromatic nitrogens is 4. The molecule has 31 heavy (non-hydrogen) atoms. The number of hydrogen-bond acceptors (Lipinski definition) is 5. The topological polar surface area (TPSA) is 91.8 Å². The van der Waals surface area contributed by atoms with Crippen LogP contribution in [0, 0.1) is 6.92 Å². The Bertz CT molecular complexity index is 1230. The Kier molecular flexibility index (Phi) is 6.15. The highest BCUT2D eigenvalue weighted by Gasteiger charge is 2.14. The summed E-state index contributed by atoms with van der Waals surface area (Å²) >= 11 is 7.57. The molecule has 8 heteroatoms. The summed E-state index contributed by atoms with van der Waals surface area (Å²) in [4.78, 5) is 28.5. The van der Waals surface area contributed by atoms with Crippen molar-refractivity contribution in [1.82, 2.24) is 19.9 Å². The molecule has 0 fully saturated rings. The molecule has 0 aliphatic rings. The monoisotopic (exact) mass is 452 g/mol. The lowest BCUT2D eigenvalue weighted by molar-refractivity contribution is 0.0691. The lowest BCUT2D eigenvalue weighted by Gasteiger charge is -2.12. The van der Waals surface area contributed by atoms with Gasteiger partial charge in [-0.3, -0.25) is 0 Å². The van der Waals surface area contributed by atoms with Gasteiger partial charge >= 0.3 is 5.97 Å². The number of imidazole rings is 1. The highest BCUT2D eigenvalue weighted by molar-refractivity contribution is 7.19. The second kappa shape index (κ2) is 8.99. The molecule has 4 aromatic rings. The highest BCUT2D eigenvalue weighted by Crippen LogP contribution is 2.30. The number of thiophene rings is 1. The fourth-order valence-electron chi connectivity index (χ4n) is 3.53. The summed E-state index contributed by atoms with van der Waals surface area (Å²) in [5.41, 5.74) is 5.50. The minimum Gasteiger partial charge on any atom is -0.477 e. The number of carboxylic acid groups (broad SMARTS) is 1. The largest absolute Gasteiger partial charge is 0.477 e. The molecule has 3 aromatic heterocycles. The van der Waals surface area contributed by atoms with Crippen LogP contribution in [0.25, 0.3) is 10.7 Å². The normalized spacial score (nSPS) is 11.1. The number of aryl methyl sites for hydroxylation is 1. The van der Waals surface area contributed by atoms with Crippen LogP contribution in [-0.2, 0) is 19.3 Å². The minimum absolute atomic E-state index is 0.0979. The van der Waals surface area contributed by atoms with E-state index in [9.17, 15) is 4.79 Å². The molecule has 0 saturated heterocycles. The van der Waals surface area contributed by atoms with Crippen LogP contribution in [0.4, 0.5) is 0 Å². The van der Waals surface area contributed by atoms with Crippen LogP contribution in [0.15, 0.2) is 42.6 Å². The molecule has 3 heterocycles. The Balaban J connectivity index is 1.55. The van der Waals surface area contributed by atoms with Gasteiger partial charge in [-0.2, -0.15) is 0 Å². The highest BCUT2D eigenvalue weighted by atomic mass is 35.5. The van der Waals surface area contributed by atoms with Crippen molar-refractivity contribution in [1.29, 1.82) is 0 Å². The molecule has 2 N–H and O–H groups in total. The number of carbonyl (C=O) groups is 1. The molecule has 0 spiro atoms. The minimum atomic E-state index is -1.01. The van der Waals surface area contributed by atoms with E-state index in [1.54, 1.807) is 0 Å². The predicted octanol–water partition coefficient (Wildman–Crippen LogP) is 5.33. The molecule has 4 rings (SSSR count). The van der Waals surface area contributed by atoms with Crippen LogP contribution in [0.5, 0.6) is 0 Å². The van der Waals surface area contributed by atoms with Crippen LogP contribution in [0.3, 0.4) is 0 Å². The summed E-state index contributed by atoms with van der Waals surface area (Å²) in [6.07, 6.45) is 3.47. The zero-order valence-corrected chi connectivity index (χ0v) is 18.7. The first-order valence-corrected chi connectivity index (χ1v) is 11.1. The molecule has 6 nitrogen and oxygen atoms in total. The lowest BCUT2D eigenvalue weighted by Crippen LogP contribution is -2.05. The lowest BCUT2D eigenvalue weighted by atomic mass is 10.0. The molecule has 158 valence electrons. The van der Waals surface area contributed by atoms with E-state index in [2.05, 4.69) is 29.0 Å². The van der Waals surface area contributed by atoms with E-state index in [0.717, 1.165) is 38.1 Å². The van der Waals surface area contributed by atoms with Gasteiger partial charge in [0.25, 0.3) is 0 Å². The summed E-state index contributed by atoms with van der Waals surface area (Å²) < 4.78 is 0.722. The van der Waals surface area contributed by atoms with E-state index in [1.807, 2.05) is 31.2 Å². The number of hydrogen-bond donors (Lipinski definition) is 2. The standard InChI is InChI=1S/C23H21ClN4O2S/c1-3-16-13(2)26-22(19-8-9-20(24)31-19)28-17(16)10-14-4-6-15(7-5-14)11-21-25-12-18(27-21)23(29)30/h4-9,12H,3,10-11H2,1-2H3,(H,25,27)(H,29,30). The summed E-state index contributed by atoms with van der Waals surface area (Å²) in [7, 11) is 0. The van der Waals surface area contributed by atoms with Crippen molar-refractivity contribution in [2.24, 2.45) is 0 Å². The fraction of sp³-hybridized carbons (Fsp3) is 0.217. The van der Waals surface area contributed by atoms with Crippen molar-refractivity contribution < 1.29 is 9.90 Å². The Labute approximate surface area is 189 Å². The number of rotatable bonds is 7. The Morgan fingerprint density at radius 1 is 1.10 bits per heavy atom. The van der Waals surface area contributed by atoms with E-state index < -0.39 is 5.97 Å². The van der Waals surface area contributed by atoms with Gasteiger partial charge in [-0.25, -0.2) is 19.7 Å². The van der Waals surface area contributed by atoms with Gasteiger partial charge < -0.3 is 10.1 Å². The first kappa shape index (κ1) is 21.2. The molecule has 1 aromatic carbocycles. The molecule has 0 radical (unpaired) electrons. The first-order chi connectivity index (χ1) is 14.9. The summed E-state index contributed by atoms with van der Waals surface area (Å²) in [5.74, 6) is 0.333. The van der Waals surface area contributed by atoms with Crippen molar-refractivity contribution >= 4 is 28.9 Å². The van der Waals surface area contributed by atoms with Gasteiger partial charge in [-0.1, -0.05) is 42.8 Å². The molecule has 0 saturated carbocycles. The Morgan fingerprint density at radius 2 is 1.81 bits per heavy atom. The van der Waals surface area contributed by atoms with Gasteiger partial charge in [0, 0.05) is 18.5 Å².